The largest absolute Gasteiger partial charge is 0.453 e. The van der Waals surface area contributed by atoms with Crippen LogP contribution in [-0.4, -0.2) is 11.5 Å². The van der Waals surface area contributed by atoms with Gasteiger partial charge in [0.15, 0.2) is 11.5 Å². The summed E-state index contributed by atoms with van der Waals surface area (Å²) < 4.78 is 5.89. The van der Waals surface area contributed by atoms with E-state index in [4.69, 9.17) is 4.74 Å². The second-order valence-corrected chi connectivity index (χ2v) is 5.03. The minimum absolute atomic E-state index is 0.0962. The van der Waals surface area contributed by atoms with Crippen LogP contribution >= 0.6 is 0 Å². The summed E-state index contributed by atoms with van der Waals surface area (Å²) in [5.74, 6) is 1.52. The highest BCUT2D eigenvalue weighted by Crippen LogP contribution is 2.50. The van der Waals surface area contributed by atoms with Gasteiger partial charge in [0.25, 0.3) is 5.69 Å². The molecular weight excluding hydrogens is 256 g/mol. The number of nitro groups is 1. The summed E-state index contributed by atoms with van der Waals surface area (Å²) in [5.41, 5.74) is 3.19. The number of aryl methyl sites for hydroxylation is 1. The number of ether oxygens (including phenoxy) is 1. The zero-order chi connectivity index (χ0) is 13.7. The molecule has 0 aromatic heterocycles. The lowest BCUT2D eigenvalue weighted by Crippen LogP contribution is -2.27. The molecule has 0 N–H and O–H groups in total. The molecule has 0 spiro atoms. The normalized spacial score (nSPS) is 15.1. The lowest BCUT2D eigenvalue weighted by molar-refractivity contribution is -0.384. The standard InChI is InChI=1S/C15H12N2O3/c18-17(19)11-6-7-13-12(9-11)16-8-2-4-10-3-1-5-14(20-13)15(10)16/h1,3,5-7,9H,2,4,8H2. The van der Waals surface area contributed by atoms with E-state index in [1.807, 2.05) is 12.1 Å². The molecule has 4 rings (SSSR count). The van der Waals surface area contributed by atoms with Crippen LogP contribution in [0.15, 0.2) is 36.4 Å². The van der Waals surface area contributed by atoms with E-state index in [1.165, 1.54) is 11.6 Å². The molecule has 100 valence electrons. The van der Waals surface area contributed by atoms with Crippen LogP contribution < -0.4 is 9.64 Å². The first-order chi connectivity index (χ1) is 9.74. The molecule has 0 aliphatic carbocycles. The SMILES string of the molecule is O=[N+]([O-])c1ccc2c(c1)N1CCCc3cccc(c31)O2. The minimum Gasteiger partial charge on any atom is -0.453 e. The van der Waals surface area contributed by atoms with Gasteiger partial charge in [-0.3, -0.25) is 10.1 Å². The Labute approximate surface area is 115 Å². The number of non-ortho nitro benzene ring substituents is 1. The molecule has 0 amide bonds. The fourth-order valence-electron chi connectivity index (χ4n) is 2.97. The first kappa shape index (κ1) is 11.3. The lowest BCUT2D eigenvalue weighted by atomic mass is 9.99. The molecule has 2 aromatic carbocycles. The van der Waals surface area contributed by atoms with E-state index in [9.17, 15) is 10.1 Å². The van der Waals surface area contributed by atoms with Crippen LogP contribution in [0.5, 0.6) is 11.5 Å². The van der Waals surface area contributed by atoms with E-state index in [-0.39, 0.29) is 10.6 Å². The highest BCUT2D eigenvalue weighted by Gasteiger charge is 2.30. The van der Waals surface area contributed by atoms with Gasteiger partial charge in [-0.15, -0.1) is 0 Å². The number of fused-ring (bicyclic) bond motifs is 2. The Morgan fingerprint density at radius 3 is 2.95 bits per heavy atom. The van der Waals surface area contributed by atoms with Crippen LogP contribution in [0.3, 0.4) is 0 Å². The summed E-state index contributed by atoms with van der Waals surface area (Å²) in [6.07, 6.45) is 2.06. The van der Waals surface area contributed by atoms with Gasteiger partial charge in [0, 0.05) is 18.7 Å². The van der Waals surface area contributed by atoms with Crippen molar-refractivity contribution in [3.63, 3.8) is 0 Å². The summed E-state index contributed by atoms with van der Waals surface area (Å²) in [4.78, 5) is 12.7. The third kappa shape index (κ3) is 1.49. The van der Waals surface area contributed by atoms with Crippen molar-refractivity contribution in [2.45, 2.75) is 12.8 Å². The van der Waals surface area contributed by atoms with Crippen molar-refractivity contribution in [1.82, 2.24) is 0 Å². The van der Waals surface area contributed by atoms with Crippen molar-refractivity contribution in [3.8, 4) is 11.5 Å². The number of hydrogen-bond acceptors (Lipinski definition) is 4. The average molecular weight is 268 g/mol. The van der Waals surface area contributed by atoms with E-state index in [1.54, 1.807) is 12.1 Å². The zero-order valence-corrected chi connectivity index (χ0v) is 10.7. The Morgan fingerprint density at radius 2 is 2.10 bits per heavy atom. The molecule has 2 aromatic rings. The van der Waals surface area contributed by atoms with Gasteiger partial charge < -0.3 is 9.64 Å². The molecule has 5 heteroatoms. The molecule has 5 nitrogen and oxygen atoms in total. The van der Waals surface area contributed by atoms with Crippen molar-refractivity contribution >= 4 is 17.1 Å². The van der Waals surface area contributed by atoms with Crippen molar-refractivity contribution in [2.24, 2.45) is 0 Å². The number of hydrogen-bond donors (Lipinski definition) is 0. The smallest absolute Gasteiger partial charge is 0.271 e. The van der Waals surface area contributed by atoms with Gasteiger partial charge >= 0.3 is 0 Å². The van der Waals surface area contributed by atoms with Gasteiger partial charge in [0.05, 0.1) is 16.3 Å². The molecule has 0 saturated heterocycles. The summed E-state index contributed by atoms with van der Waals surface area (Å²) in [6, 6.07) is 10.8. The molecule has 20 heavy (non-hydrogen) atoms. The van der Waals surface area contributed by atoms with Gasteiger partial charge in [-0.05, 0) is 30.5 Å². The van der Waals surface area contributed by atoms with E-state index >= 15 is 0 Å². The Hall–Kier alpha value is -2.56. The van der Waals surface area contributed by atoms with Crippen molar-refractivity contribution < 1.29 is 9.66 Å². The molecule has 0 fully saturated rings. The van der Waals surface area contributed by atoms with Gasteiger partial charge in [0.1, 0.15) is 0 Å². The highest BCUT2D eigenvalue weighted by molar-refractivity contribution is 5.82. The molecular formula is C15H12N2O3. The van der Waals surface area contributed by atoms with Crippen molar-refractivity contribution in [2.75, 3.05) is 11.4 Å². The predicted molar refractivity (Wildman–Crippen MR) is 74.9 cm³/mol. The topological polar surface area (TPSA) is 55.6 Å². The molecule has 0 atom stereocenters. The molecule has 0 saturated carbocycles. The lowest BCUT2D eigenvalue weighted by Gasteiger charge is -2.37. The molecule has 2 heterocycles. The summed E-state index contributed by atoms with van der Waals surface area (Å²) in [7, 11) is 0. The molecule has 2 aliphatic heterocycles. The second-order valence-electron chi connectivity index (χ2n) is 5.03. The predicted octanol–water partition coefficient (Wildman–Crippen LogP) is 3.78. The van der Waals surface area contributed by atoms with E-state index in [0.29, 0.717) is 5.75 Å². The first-order valence-electron chi connectivity index (χ1n) is 6.60. The maximum absolute atomic E-state index is 11.0. The fourth-order valence-corrected chi connectivity index (χ4v) is 2.97. The minimum atomic E-state index is -0.369. The van der Waals surface area contributed by atoms with Crippen LogP contribution in [0.2, 0.25) is 0 Å². The maximum Gasteiger partial charge on any atom is 0.271 e. The maximum atomic E-state index is 11.0. The third-order valence-corrected chi connectivity index (χ3v) is 3.84. The summed E-state index contributed by atoms with van der Waals surface area (Å²) in [6.45, 7) is 0.863. The number of rotatable bonds is 1. The molecule has 0 unspecified atom stereocenters. The second kappa shape index (κ2) is 3.96. The average Bonchev–Trinajstić information content (AvgIpc) is 2.47. The number of nitro benzene ring substituents is 1. The van der Waals surface area contributed by atoms with E-state index < -0.39 is 0 Å². The Morgan fingerprint density at radius 1 is 1.20 bits per heavy atom. The van der Waals surface area contributed by atoms with Crippen molar-refractivity contribution in [3.05, 3.63) is 52.1 Å². The fraction of sp³-hybridized carbons (Fsp3) is 0.200. The number of anilines is 2. The third-order valence-electron chi connectivity index (χ3n) is 3.84. The molecule has 2 aliphatic rings. The van der Waals surface area contributed by atoms with Crippen LogP contribution in [0.25, 0.3) is 0 Å². The van der Waals surface area contributed by atoms with Crippen molar-refractivity contribution in [1.29, 1.82) is 0 Å². The zero-order valence-electron chi connectivity index (χ0n) is 10.7. The quantitative estimate of drug-likeness (QED) is 0.583. The van der Waals surface area contributed by atoms with Gasteiger partial charge in [-0.1, -0.05) is 12.1 Å². The van der Waals surface area contributed by atoms with Gasteiger partial charge in [0.2, 0.25) is 0 Å². The molecule has 0 bridgehead atoms. The van der Waals surface area contributed by atoms with E-state index in [2.05, 4.69) is 11.0 Å². The van der Waals surface area contributed by atoms with Crippen LogP contribution in [0.1, 0.15) is 12.0 Å². The van der Waals surface area contributed by atoms with Crippen LogP contribution in [-0.2, 0) is 6.42 Å². The summed E-state index contributed by atoms with van der Waals surface area (Å²) in [5, 5.41) is 11.0. The van der Waals surface area contributed by atoms with Crippen LogP contribution in [0.4, 0.5) is 17.1 Å². The van der Waals surface area contributed by atoms with Gasteiger partial charge in [-0.25, -0.2) is 0 Å². The van der Waals surface area contributed by atoms with E-state index in [0.717, 1.165) is 36.5 Å². The monoisotopic (exact) mass is 268 g/mol. The van der Waals surface area contributed by atoms with Gasteiger partial charge in [-0.2, -0.15) is 0 Å². The first-order valence-corrected chi connectivity index (χ1v) is 6.60. The Kier molecular flexibility index (Phi) is 2.24. The molecule has 0 radical (unpaired) electrons. The summed E-state index contributed by atoms with van der Waals surface area (Å²) >= 11 is 0. The number of benzene rings is 2. The Balaban J connectivity index is 1.92. The number of para-hydroxylation sites is 1. The Bertz CT molecular complexity index is 727. The highest BCUT2D eigenvalue weighted by atomic mass is 16.6. The van der Waals surface area contributed by atoms with Crippen LogP contribution in [0, 0.1) is 10.1 Å². The number of nitrogens with zero attached hydrogens (tertiary/aromatic N) is 2.